The number of carbonyl (C=O) groups is 1. The zero-order chi connectivity index (χ0) is 10.4. The monoisotopic (exact) mass is 192 g/mol. The molecule has 0 saturated carbocycles. The van der Waals surface area contributed by atoms with Crippen LogP contribution in [-0.4, -0.2) is 29.7 Å². The minimum atomic E-state index is -0.934. The van der Waals surface area contributed by atoms with Gasteiger partial charge in [-0.3, -0.25) is 4.98 Å². The molecule has 0 spiro atoms. The molecule has 0 bridgehead atoms. The van der Waals surface area contributed by atoms with Crippen molar-refractivity contribution in [3.8, 4) is 0 Å². The number of pyridine rings is 1. The minimum Gasteiger partial charge on any atom is -0.478 e. The van der Waals surface area contributed by atoms with Crippen LogP contribution in [0.15, 0.2) is 24.5 Å². The zero-order valence-electron chi connectivity index (χ0n) is 7.90. The molecule has 1 heterocycles. The molecule has 0 aliphatic rings. The second-order valence-corrected chi connectivity index (χ2v) is 2.73. The standard InChI is InChI=1S/C10H12N2O2/c1-11-5-2-3-8-7-12-6-4-9(8)10(13)14/h2-4,6-7,11H,5H2,1H3,(H,13,14). The fourth-order valence-corrected chi connectivity index (χ4v) is 1.04. The number of aromatic carboxylic acids is 1. The first-order valence-electron chi connectivity index (χ1n) is 4.24. The summed E-state index contributed by atoms with van der Waals surface area (Å²) in [5, 5.41) is 11.8. The maximum Gasteiger partial charge on any atom is 0.336 e. The van der Waals surface area contributed by atoms with Gasteiger partial charge in [-0.05, 0) is 13.1 Å². The van der Waals surface area contributed by atoms with Crippen LogP contribution in [0.2, 0.25) is 0 Å². The van der Waals surface area contributed by atoms with E-state index in [-0.39, 0.29) is 5.56 Å². The Morgan fingerprint density at radius 2 is 2.50 bits per heavy atom. The molecule has 0 fully saturated rings. The minimum absolute atomic E-state index is 0.271. The Kier molecular flexibility index (Phi) is 3.82. The third kappa shape index (κ3) is 2.67. The third-order valence-corrected chi connectivity index (χ3v) is 1.70. The molecule has 1 aromatic rings. The average molecular weight is 192 g/mol. The van der Waals surface area contributed by atoms with Crippen LogP contribution in [0.25, 0.3) is 6.08 Å². The number of aromatic nitrogens is 1. The van der Waals surface area contributed by atoms with Crippen molar-refractivity contribution < 1.29 is 9.90 Å². The van der Waals surface area contributed by atoms with Crippen LogP contribution < -0.4 is 5.32 Å². The molecule has 14 heavy (non-hydrogen) atoms. The Hall–Kier alpha value is -1.68. The van der Waals surface area contributed by atoms with Gasteiger partial charge in [0.05, 0.1) is 5.56 Å². The van der Waals surface area contributed by atoms with Crippen LogP contribution in [0.1, 0.15) is 15.9 Å². The Balaban J connectivity index is 2.90. The zero-order valence-corrected chi connectivity index (χ0v) is 7.90. The summed E-state index contributed by atoms with van der Waals surface area (Å²) in [6.07, 6.45) is 6.60. The van der Waals surface area contributed by atoms with Gasteiger partial charge in [-0.1, -0.05) is 12.2 Å². The van der Waals surface area contributed by atoms with E-state index in [1.54, 1.807) is 6.08 Å². The molecule has 2 N–H and O–H groups in total. The van der Waals surface area contributed by atoms with Gasteiger partial charge in [-0.25, -0.2) is 4.79 Å². The SMILES string of the molecule is CNCC=Cc1cnccc1C(=O)O. The molecule has 4 heteroatoms. The normalized spacial score (nSPS) is 10.6. The van der Waals surface area contributed by atoms with Crippen molar-refractivity contribution >= 4 is 12.0 Å². The first-order chi connectivity index (χ1) is 6.75. The quantitative estimate of drug-likeness (QED) is 0.747. The highest BCUT2D eigenvalue weighted by atomic mass is 16.4. The number of nitrogens with zero attached hydrogens (tertiary/aromatic N) is 1. The maximum atomic E-state index is 10.8. The molecule has 0 radical (unpaired) electrons. The number of likely N-dealkylation sites (N-methyl/N-ethyl adjacent to an activating group) is 1. The molecule has 1 aromatic heterocycles. The van der Waals surface area contributed by atoms with Crippen LogP contribution >= 0.6 is 0 Å². The smallest absolute Gasteiger partial charge is 0.336 e. The lowest BCUT2D eigenvalue weighted by atomic mass is 10.1. The number of hydrogen-bond donors (Lipinski definition) is 2. The fourth-order valence-electron chi connectivity index (χ4n) is 1.04. The molecule has 0 aliphatic carbocycles. The van der Waals surface area contributed by atoms with Crippen molar-refractivity contribution in [1.82, 2.24) is 10.3 Å². The van der Waals surface area contributed by atoms with E-state index in [1.165, 1.54) is 18.5 Å². The van der Waals surface area contributed by atoms with Gasteiger partial charge in [-0.2, -0.15) is 0 Å². The molecule has 0 aromatic carbocycles. The van der Waals surface area contributed by atoms with Crippen molar-refractivity contribution in [1.29, 1.82) is 0 Å². The highest BCUT2D eigenvalue weighted by molar-refractivity contribution is 5.91. The third-order valence-electron chi connectivity index (χ3n) is 1.70. The molecule has 0 unspecified atom stereocenters. The van der Waals surface area contributed by atoms with Gasteiger partial charge in [-0.15, -0.1) is 0 Å². The second-order valence-electron chi connectivity index (χ2n) is 2.73. The van der Waals surface area contributed by atoms with Crippen molar-refractivity contribution in [2.75, 3.05) is 13.6 Å². The van der Waals surface area contributed by atoms with Crippen LogP contribution in [0.3, 0.4) is 0 Å². The largest absolute Gasteiger partial charge is 0.478 e. The number of rotatable bonds is 4. The average Bonchev–Trinajstić information content (AvgIpc) is 2.19. The Bertz CT molecular complexity index is 348. The van der Waals surface area contributed by atoms with Gasteiger partial charge in [0.1, 0.15) is 0 Å². The summed E-state index contributed by atoms with van der Waals surface area (Å²) in [5.41, 5.74) is 0.891. The maximum absolute atomic E-state index is 10.8. The van der Waals surface area contributed by atoms with E-state index in [1.807, 2.05) is 13.1 Å². The van der Waals surface area contributed by atoms with Crippen molar-refractivity contribution in [2.45, 2.75) is 0 Å². The van der Waals surface area contributed by atoms with E-state index in [9.17, 15) is 4.79 Å². The molecule has 1 rings (SSSR count). The van der Waals surface area contributed by atoms with Crippen LogP contribution in [-0.2, 0) is 0 Å². The highest BCUT2D eigenvalue weighted by Gasteiger charge is 2.05. The summed E-state index contributed by atoms with van der Waals surface area (Å²) in [6, 6.07) is 1.49. The van der Waals surface area contributed by atoms with Crippen molar-refractivity contribution in [3.63, 3.8) is 0 Å². The molecule has 4 nitrogen and oxygen atoms in total. The summed E-state index contributed by atoms with van der Waals surface area (Å²) in [7, 11) is 1.83. The van der Waals surface area contributed by atoms with E-state index >= 15 is 0 Å². The molecular weight excluding hydrogens is 180 g/mol. The highest BCUT2D eigenvalue weighted by Crippen LogP contribution is 2.08. The van der Waals surface area contributed by atoms with Crippen LogP contribution in [0.5, 0.6) is 0 Å². The Morgan fingerprint density at radius 3 is 3.14 bits per heavy atom. The van der Waals surface area contributed by atoms with Crippen molar-refractivity contribution in [3.05, 3.63) is 35.7 Å². The van der Waals surface area contributed by atoms with Gasteiger partial charge < -0.3 is 10.4 Å². The first kappa shape index (κ1) is 10.4. The number of carboxylic acid groups (broad SMARTS) is 1. The van der Waals surface area contributed by atoms with E-state index in [4.69, 9.17) is 5.11 Å². The number of hydrogen-bond acceptors (Lipinski definition) is 3. The summed E-state index contributed by atoms with van der Waals surface area (Å²) < 4.78 is 0. The van der Waals surface area contributed by atoms with Gasteiger partial charge in [0, 0.05) is 24.5 Å². The summed E-state index contributed by atoms with van der Waals surface area (Å²) in [5.74, 6) is -0.934. The summed E-state index contributed by atoms with van der Waals surface area (Å²) in [4.78, 5) is 14.6. The first-order valence-corrected chi connectivity index (χ1v) is 4.24. The van der Waals surface area contributed by atoms with E-state index < -0.39 is 5.97 Å². The summed E-state index contributed by atoms with van der Waals surface area (Å²) in [6.45, 7) is 0.702. The van der Waals surface area contributed by atoms with E-state index in [2.05, 4.69) is 10.3 Å². The lowest BCUT2D eigenvalue weighted by Crippen LogP contribution is -2.04. The van der Waals surface area contributed by atoms with E-state index in [0.717, 1.165) is 0 Å². The van der Waals surface area contributed by atoms with Gasteiger partial charge >= 0.3 is 5.97 Å². The lowest BCUT2D eigenvalue weighted by molar-refractivity contribution is 0.0696. The Labute approximate surface area is 82.3 Å². The van der Waals surface area contributed by atoms with Gasteiger partial charge in [0.2, 0.25) is 0 Å². The fraction of sp³-hybridized carbons (Fsp3) is 0.200. The van der Waals surface area contributed by atoms with Gasteiger partial charge in [0.15, 0.2) is 0 Å². The summed E-state index contributed by atoms with van der Waals surface area (Å²) >= 11 is 0. The molecule has 0 aliphatic heterocycles. The number of nitrogens with one attached hydrogen (secondary N) is 1. The molecule has 0 amide bonds. The molecule has 0 atom stereocenters. The van der Waals surface area contributed by atoms with E-state index in [0.29, 0.717) is 12.1 Å². The van der Waals surface area contributed by atoms with Crippen LogP contribution in [0, 0.1) is 0 Å². The number of carboxylic acids is 1. The predicted molar refractivity (Wildman–Crippen MR) is 54.2 cm³/mol. The molecular formula is C10H12N2O2. The molecule has 0 saturated heterocycles. The van der Waals surface area contributed by atoms with Crippen molar-refractivity contribution in [2.24, 2.45) is 0 Å². The predicted octanol–water partition coefficient (Wildman–Crippen LogP) is 1.01. The Morgan fingerprint density at radius 1 is 1.71 bits per heavy atom. The van der Waals surface area contributed by atoms with Crippen LogP contribution in [0.4, 0.5) is 0 Å². The second kappa shape index (κ2) is 5.14. The lowest BCUT2D eigenvalue weighted by Gasteiger charge is -1.98. The topological polar surface area (TPSA) is 62.2 Å². The van der Waals surface area contributed by atoms with Gasteiger partial charge in [0.25, 0.3) is 0 Å². The molecule has 74 valence electrons.